The Bertz CT molecular complexity index is 613. The second-order valence-electron chi connectivity index (χ2n) is 4.52. The van der Waals surface area contributed by atoms with Gasteiger partial charge in [0.15, 0.2) is 9.84 Å². The predicted molar refractivity (Wildman–Crippen MR) is 81.0 cm³/mol. The second kappa shape index (κ2) is 7.98. The van der Waals surface area contributed by atoms with Crippen molar-refractivity contribution in [2.75, 3.05) is 12.4 Å². The average Bonchev–Trinajstić information content (AvgIpc) is 2.37. The summed E-state index contributed by atoms with van der Waals surface area (Å²) in [6.07, 6.45) is 2.45. The van der Waals surface area contributed by atoms with Gasteiger partial charge in [-0.1, -0.05) is 36.0 Å². The maximum absolute atomic E-state index is 12.2. The Balaban J connectivity index is 2.92. The topological polar surface area (TPSA) is 91.7 Å². The normalized spacial score (nSPS) is 11.6. The zero-order valence-corrected chi connectivity index (χ0v) is 13.5. The summed E-state index contributed by atoms with van der Waals surface area (Å²) in [5, 5.41) is 17.4. The Kier molecular flexibility index (Phi) is 6.93. The van der Waals surface area contributed by atoms with Gasteiger partial charge in [-0.2, -0.15) is 0 Å². The highest BCUT2D eigenvalue weighted by Crippen LogP contribution is 2.29. The summed E-state index contributed by atoms with van der Waals surface area (Å²) < 4.78 is 24.4. The Morgan fingerprint density at radius 3 is 2.24 bits per heavy atom. The van der Waals surface area contributed by atoms with Crippen molar-refractivity contribution in [3.05, 3.63) is 27.7 Å². The van der Waals surface area contributed by atoms with E-state index in [0.717, 1.165) is 18.6 Å². The van der Waals surface area contributed by atoms with Gasteiger partial charge in [-0.15, -0.1) is 0 Å². The molecule has 0 fully saturated rings. The lowest BCUT2D eigenvalue weighted by Crippen LogP contribution is -2.10. The zero-order valence-electron chi connectivity index (χ0n) is 11.2. The third-order valence-electron chi connectivity index (χ3n) is 2.91. The summed E-state index contributed by atoms with van der Waals surface area (Å²) in [4.78, 5) is 10.8. The maximum atomic E-state index is 12.2. The van der Waals surface area contributed by atoms with E-state index in [1.807, 2.05) is 0 Å². The first kappa shape index (κ1) is 18.2. The summed E-state index contributed by atoms with van der Waals surface area (Å²) in [6, 6.07) is 2.13. The molecule has 0 heterocycles. The van der Waals surface area contributed by atoms with Gasteiger partial charge < -0.3 is 10.2 Å². The van der Waals surface area contributed by atoms with E-state index in [1.165, 1.54) is 0 Å². The van der Waals surface area contributed by atoms with Crippen LogP contribution in [0.5, 0.6) is 0 Å². The molecule has 21 heavy (non-hydrogen) atoms. The van der Waals surface area contributed by atoms with Gasteiger partial charge >= 0.3 is 5.97 Å². The highest BCUT2D eigenvalue weighted by molar-refractivity contribution is 7.91. The number of carbonyl (C=O) groups is 1. The van der Waals surface area contributed by atoms with Crippen molar-refractivity contribution in [3.8, 4) is 0 Å². The van der Waals surface area contributed by atoms with Gasteiger partial charge in [-0.05, 0) is 25.0 Å². The molecule has 0 unspecified atom stereocenters. The standard InChI is InChI=1S/C13H16Cl2O5S/c14-10-8-11(15)12(7-9(10)13(17)18)21(19,20)6-4-2-1-3-5-16/h7-8,16H,1-6H2,(H,17,18). The van der Waals surface area contributed by atoms with Crippen LogP contribution in [0.25, 0.3) is 0 Å². The molecule has 0 amide bonds. The van der Waals surface area contributed by atoms with Gasteiger partial charge in [-0.3, -0.25) is 0 Å². The van der Waals surface area contributed by atoms with Crippen LogP contribution in [0.15, 0.2) is 17.0 Å². The van der Waals surface area contributed by atoms with Crippen LogP contribution in [0, 0.1) is 0 Å². The van der Waals surface area contributed by atoms with Crippen molar-refractivity contribution in [2.24, 2.45) is 0 Å². The van der Waals surface area contributed by atoms with E-state index in [4.69, 9.17) is 33.4 Å². The van der Waals surface area contributed by atoms with E-state index < -0.39 is 15.8 Å². The molecule has 0 aromatic heterocycles. The van der Waals surface area contributed by atoms with Crippen LogP contribution < -0.4 is 0 Å². The van der Waals surface area contributed by atoms with E-state index >= 15 is 0 Å². The van der Waals surface area contributed by atoms with E-state index in [2.05, 4.69) is 0 Å². The number of aliphatic hydroxyl groups excluding tert-OH is 1. The largest absolute Gasteiger partial charge is 0.478 e. The first-order valence-corrected chi connectivity index (χ1v) is 8.76. The smallest absolute Gasteiger partial charge is 0.337 e. The van der Waals surface area contributed by atoms with Crippen LogP contribution in [0.3, 0.4) is 0 Å². The molecule has 1 aromatic rings. The highest BCUT2D eigenvalue weighted by atomic mass is 35.5. The molecule has 0 aliphatic heterocycles. The van der Waals surface area contributed by atoms with Crippen molar-refractivity contribution >= 4 is 39.0 Å². The van der Waals surface area contributed by atoms with E-state index in [0.29, 0.717) is 19.3 Å². The minimum Gasteiger partial charge on any atom is -0.478 e. The number of aromatic carboxylic acids is 1. The van der Waals surface area contributed by atoms with E-state index in [-0.39, 0.29) is 32.9 Å². The van der Waals surface area contributed by atoms with Gasteiger partial charge in [-0.25, -0.2) is 13.2 Å². The molecule has 0 spiro atoms. The number of hydrogen-bond donors (Lipinski definition) is 2. The number of unbranched alkanes of at least 4 members (excludes halogenated alkanes) is 3. The molecule has 1 aromatic carbocycles. The number of halogens is 2. The number of sulfone groups is 1. The summed E-state index contributed by atoms with van der Waals surface area (Å²) in [7, 11) is -3.67. The number of carboxylic acid groups (broad SMARTS) is 1. The van der Waals surface area contributed by atoms with E-state index in [9.17, 15) is 13.2 Å². The monoisotopic (exact) mass is 354 g/mol. The minimum absolute atomic E-state index is 0.0811. The Labute approximate surface area is 133 Å². The molecule has 2 N–H and O–H groups in total. The lowest BCUT2D eigenvalue weighted by atomic mass is 10.2. The van der Waals surface area contributed by atoms with Crippen LogP contribution in [0.2, 0.25) is 10.0 Å². The molecule has 0 atom stereocenters. The van der Waals surface area contributed by atoms with Crippen molar-refractivity contribution in [1.82, 2.24) is 0 Å². The number of aliphatic hydroxyl groups is 1. The van der Waals surface area contributed by atoms with Gasteiger partial charge in [0, 0.05) is 6.61 Å². The van der Waals surface area contributed by atoms with Crippen molar-refractivity contribution in [1.29, 1.82) is 0 Å². The molecular formula is C13H16Cl2O5S. The van der Waals surface area contributed by atoms with Crippen LogP contribution in [-0.2, 0) is 9.84 Å². The Morgan fingerprint density at radius 1 is 1.05 bits per heavy atom. The summed E-state index contributed by atoms with van der Waals surface area (Å²) in [5.41, 5.74) is -0.292. The molecule has 0 saturated heterocycles. The SMILES string of the molecule is O=C(O)c1cc(S(=O)(=O)CCCCCCO)c(Cl)cc1Cl. The van der Waals surface area contributed by atoms with Crippen LogP contribution in [-0.4, -0.2) is 37.0 Å². The zero-order chi connectivity index (χ0) is 16.0. The van der Waals surface area contributed by atoms with Gasteiger partial charge in [0.25, 0.3) is 0 Å². The number of hydrogen-bond acceptors (Lipinski definition) is 4. The third kappa shape index (κ3) is 5.14. The van der Waals surface area contributed by atoms with Gasteiger partial charge in [0.05, 0.1) is 26.3 Å². The second-order valence-corrected chi connectivity index (χ2v) is 7.42. The fourth-order valence-electron chi connectivity index (χ4n) is 1.80. The number of benzene rings is 1. The van der Waals surface area contributed by atoms with Crippen LogP contribution in [0.4, 0.5) is 0 Å². The molecule has 5 nitrogen and oxygen atoms in total. The fraction of sp³-hybridized carbons (Fsp3) is 0.462. The van der Waals surface area contributed by atoms with Crippen molar-refractivity contribution in [3.63, 3.8) is 0 Å². The van der Waals surface area contributed by atoms with Crippen LogP contribution >= 0.6 is 23.2 Å². The lowest BCUT2D eigenvalue weighted by Gasteiger charge is -2.09. The fourth-order valence-corrected chi connectivity index (χ4v) is 4.07. The first-order valence-electron chi connectivity index (χ1n) is 6.35. The van der Waals surface area contributed by atoms with Crippen molar-refractivity contribution in [2.45, 2.75) is 30.6 Å². The molecular weight excluding hydrogens is 339 g/mol. The van der Waals surface area contributed by atoms with Gasteiger partial charge in [0.1, 0.15) is 0 Å². The number of carboxylic acids is 1. The average molecular weight is 355 g/mol. The summed E-state index contributed by atoms with van der Waals surface area (Å²) >= 11 is 11.6. The quantitative estimate of drug-likeness (QED) is 0.700. The Hall–Kier alpha value is -0.820. The first-order chi connectivity index (χ1) is 9.79. The number of rotatable bonds is 8. The molecule has 118 valence electrons. The minimum atomic E-state index is -3.67. The molecule has 1 rings (SSSR count). The van der Waals surface area contributed by atoms with Crippen LogP contribution in [0.1, 0.15) is 36.0 Å². The summed E-state index contributed by atoms with van der Waals surface area (Å²) in [6.45, 7) is 0.0811. The molecule has 0 aliphatic carbocycles. The maximum Gasteiger partial charge on any atom is 0.337 e. The Morgan fingerprint density at radius 2 is 1.67 bits per heavy atom. The lowest BCUT2D eigenvalue weighted by molar-refractivity contribution is 0.0697. The third-order valence-corrected chi connectivity index (χ3v) is 5.48. The predicted octanol–water partition coefficient (Wildman–Crippen LogP) is 3.02. The van der Waals surface area contributed by atoms with Crippen molar-refractivity contribution < 1.29 is 23.4 Å². The van der Waals surface area contributed by atoms with E-state index in [1.54, 1.807) is 0 Å². The van der Waals surface area contributed by atoms with Gasteiger partial charge in [0.2, 0.25) is 0 Å². The highest BCUT2D eigenvalue weighted by Gasteiger charge is 2.22. The molecule has 8 heteroatoms. The molecule has 0 bridgehead atoms. The summed E-state index contributed by atoms with van der Waals surface area (Å²) in [5.74, 6) is -1.44. The molecule has 0 saturated carbocycles. The molecule has 0 radical (unpaired) electrons. The molecule has 0 aliphatic rings.